The van der Waals surface area contributed by atoms with Gasteiger partial charge in [-0.3, -0.25) is 4.98 Å². The van der Waals surface area contributed by atoms with Gasteiger partial charge in [0.25, 0.3) is 0 Å². The summed E-state index contributed by atoms with van der Waals surface area (Å²) in [5.41, 5.74) is 6.02. The van der Waals surface area contributed by atoms with Gasteiger partial charge in [-0.2, -0.15) is 0 Å². The minimum Gasteiger partial charge on any atom is -0.386 e. The highest BCUT2D eigenvalue weighted by atomic mass is 16.3. The van der Waals surface area contributed by atoms with Gasteiger partial charge in [-0.1, -0.05) is 36.4 Å². The zero-order valence-corrected chi connectivity index (χ0v) is 16.4. The molecule has 0 saturated carbocycles. The fourth-order valence-electron chi connectivity index (χ4n) is 3.70. The number of benzene rings is 2. The van der Waals surface area contributed by atoms with Crippen molar-refractivity contribution in [2.45, 2.75) is 19.4 Å². The van der Waals surface area contributed by atoms with Gasteiger partial charge in [0.1, 0.15) is 5.65 Å². The van der Waals surface area contributed by atoms with Crippen LogP contribution in [0.25, 0.3) is 38.9 Å². The first kappa shape index (κ1) is 17.6. The minimum atomic E-state index is -0.870. The van der Waals surface area contributed by atoms with E-state index in [9.17, 15) is 5.11 Å². The molecule has 0 spiro atoms. The second kappa shape index (κ2) is 6.54. The van der Waals surface area contributed by atoms with Crippen molar-refractivity contribution in [3.05, 3.63) is 90.9 Å². The van der Waals surface area contributed by atoms with E-state index in [-0.39, 0.29) is 0 Å². The van der Waals surface area contributed by atoms with Crippen molar-refractivity contribution >= 4 is 16.6 Å². The topological polar surface area (TPSA) is 50.4 Å². The van der Waals surface area contributed by atoms with E-state index < -0.39 is 5.60 Å². The number of imidazole rings is 1. The van der Waals surface area contributed by atoms with Gasteiger partial charge in [-0.15, -0.1) is 0 Å². The van der Waals surface area contributed by atoms with Gasteiger partial charge >= 0.3 is 0 Å². The van der Waals surface area contributed by atoms with Gasteiger partial charge in [0, 0.05) is 29.5 Å². The third-order valence-electron chi connectivity index (χ3n) is 5.28. The Morgan fingerprint density at radius 2 is 1.72 bits per heavy atom. The van der Waals surface area contributed by atoms with Crippen molar-refractivity contribution in [2.24, 2.45) is 0 Å². The molecule has 0 radical (unpaired) electrons. The second-order valence-electron chi connectivity index (χ2n) is 7.82. The first-order valence-corrected chi connectivity index (χ1v) is 9.65. The van der Waals surface area contributed by atoms with Gasteiger partial charge in [0.05, 0.1) is 16.8 Å². The quantitative estimate of drug-likeness (QED) is 0.454. The number of rotatable bonds is 3. The molecule has 1 N–H and O–H groups in total. The Morgan fingerprint density at radius 3 is 2.59 bits per heavy atom. The average Bonchev–Trinajstić information content (AvgIpc) is 3.16. The summed E-state index contributed by atoms with van der Waals surface area (Å²) in [5.74, 6) is 0. The molecule has 0 atom stereocenters. The smallest absolute Gasteiger partial charge is 0.137 e. The third-order valence-corrected chi connectivity index (χ3v) is 5.28. The number of aliphatic hydroxyl groups is 1. The molecule has 142 valence electrons. The summed E-state index contributed by atoms with van der Waals surface area (Å²) in [6.07, 6.45) is 5.95. The molecule has 0 fully saturated rings. The molecule has 0 amide bonds. The first-order valence-electron chi connectivity index (χ1n) is 9.65. The molecule has 5 aromatic rings. The predicted octanol–water partition coefficient (Wildman–Crippen LogP) is 5.44. The maximum atomic E-state index is 10.3. The molecule has 0 aliphatic heterocycles. The van der Waals surface area contributed by atoms with E-state index in [0.717, 1.165) is 44.5 Å². The van der Waals surface area contributed by atoms with E-state index in [1.807, 2.05) is 48.7 Å². The van der Waals surface area contributed by atoms with Crippen molar-refractivity contribution in [3.8, 4) is 22.4 Å². The molecular formula is C25H21N3O. The third kappa shape index (κ3) is 3.18. The summed E-state index contributed by atoms with van der Waals surface area (Å²) >= 11 is 0. The van der Waals surface area contributed by atoms with Crippen LogP contribution in [0, 0.1) is 0 Å². The molecule has 0 unspecified atom stereocenters. The zero-order chi connectivity index (χ0) is 20.0. The van der Waals surface area contributed by atoms with Crippen LogP contribution in [-0.2, 0) is 5.60 Å². The molecule has 3 heterocycles. The van der Waals surface area contributed by atoms with E-state index >= 15 is 0 Å². The van der Waals surface area contributed by atoms with Gasteiger partial charge in [-0.05, 0) is 60.9 Å². The average molecular weight is 379 g/mol. The van der Waals surface area contributed by atoms with Crippen LogP contribution >= 0.6 is 0 Å². The van der Waals surface area contributed by atoms with Gasteiger partial charge < -0.3 is 9.51 Å². The normalized spacial score (nSPS) is 12.0. The Morgan fingerprint density at radius 1 is 0.862 bits per heavy atom. The number of aromatic nitrogens is 3. The Labute approximate surface area is 169 Å². The van der Waals surface area contributed by atoms with Crippen molar-refractivity contribution < 1.29 is 5.11 Å². The van der Waals surface area contributed by atoms with Crippen LogP contribution in [0.5, 0.6) is 0 Å². The van der Waals surface area contributed by atoms with Crippen LogP contribution in [0.4, 0.5) is 0 Å². The van der Waals surface area contributed by atoms with Crippen molar-refractivity contribution in [3.63, 3.8) is 0 Å². The number of nitrogens with zero attached hydrogens (tertiary/aromatic N) is 3. The predicted molar refractivity (Wildman–Crippen MR) is 117 cm³/mol. The van der Waals surface area contributed by atoms with Gasteiger partial charge in [0.2, 0.25) is 0 Å². The fraction of sp³-hybridized carbons (Fsp3) is 0.120. The number of pyridine rings is 2. The number of hydrogen-bond acceptors (Lipinski definition) is 3. The Kier molecular flexibility index (Phi) is 3.96. The minimum absolute atomic E-state index is 0.870. The van der Waals surface area contributed by atoms with E-state index in [1.165, 1.54) is 0 Å². The van der Waals surface area contributed by atoms with Crippen LogP contribution < -0.4 is 0 Å². The van der Waals surface area contributed by atoms with Crippen LogP contribution in [0.1, 0.15) is 19.4 Å². The van der Waals surface area contributed by atoms with Crippen LogP contribution in [0.15, 0.2) is 85.3 Å². The molecule has 0 aliphatic carbocycles. The van der Waals surface area contributed by atoms with Gasteiger partial charge in [0.15, 0.2) is 0 Å². The van der Waals surface area contributed by atoms with Crippen molar-refractivity contribution in [1.82, 2.24) is 14.4 Å². The van der Waals surface area contributed by atoms with Crippen molar-refractivity contribution in [2.75, 3.05) is 0 Å². The molecule has 29 heavy (non-hydrogen) atoms. The van der Waals surface area contributed by atoms with Gasteiger partial charge in [-0.25, -0.2) is 4.98 Å². The lowest BCUT2D eigenvalue weighted by atomic mass is 9.95. The SMILES string of the molecule is CC(C)(O)c1cccc(-c2ccc3nc(-c4cccc5ncccc45)cn3c2)c1. The Hall–Kier alpha value is -3.50. The molecule has 0 aliphatic rings. The molecule has 3 aromatic heterocycles. The summed E-state index contributed by atoms with van der Waals surface area (Å²) in [5, 5.41) is 11.4. The lowest BCUT2D eigenvalue weighted by molar-refractivity contribution is 0.0786. The Balaban J connectivity index is 1.61. The maximum Gasteiger partial charge on any atom is 0.137 e. The molecule has 4 heteroatoms. The van der Waals surface area contributed by atoms with E-state index in [1.54, 1.807) is 13.8 Å². The molecule has 0 saturated heterocycles. The maximum absolute atomic E-state index is 10.3. The largest absolute Gasteiger partial charge is 0.386 e. The number of hydrogen-bond donors (Lipinski definition) is 1. The van der Waals surface area contributed by atoms with Crippen LogP contribution in [0.2, 0.25) is 0 Å². The highest BCUT2D eigenvalue weighted by Gasteiger charge is 2.16. The highest BCUT2D eigenvalue weighted by molar-refractivity contribution is 5.93. The lowest BCUT2D eigenvalue weighted by Crippen LogP contribution is -2.15. The summed E-state index contributed by atoms with van der Waals surface area (Å²) in [6, 6.07) is 22.3. The van der Waals surface area contributed by atoms with Crippen LogP contribution in [0.3, 0.4) is 0 Å². The van der Waals surface area contributed by atoms with E-state index in [0.29, 0.717) is 0 Å². The van der Waals surface area contributed by atoms with Crippen LogP contribution in [-0.4, -0.2) is 19.5 Å². The lowest BCUT2D eigenvalue weighted by Gasteiger charge is -2.18. The first-order chi connectivity index (χ1) is 14.0. The molecular weight excluding hydrogens is 358 g/mol. The number of fused-ring (bicyclic) bond motifs is 2. The Bertz CT molecular complexity index is 1340. The summed E-state index contributed by atoms with van der Waals surface area (Å²) in [7, 11) is 0. The van der Waals surface area contributed by atoms with E-state index in [2.05, 4.69) is 46.0 Å². The highest BCUT2D eigenvalue weighted by Crippen LogP contribution is 2.29. The molecule has 0 bridgehead atoms. The summed E-state index contributed by atoms with van der Waals surface area (Å²) < 4.78 is 2.05. The standard InChI is InChI=1S/C25H21N3O/c1-25(2,29)19-7-3-6-17(14-19)18-11-12-24-27-23(16-28(24)15-18)21-8-4-10-22-20(21)9-5-13-26-22/h3-16,29H,1-2H3. The molecule has 5 rings (SSSR count). The fourth-order valence-corrected chi connectivity index (χ4v) is 3.70. The second-order valence-corrected chi connectivity index (χ2v) is 7.82. The van der Waals surface area contributed by atoms with Crippen molar-refractivity contribution in [1.29, 1.82) is 0 Å². The molecule has 2 aromatic carbocycles. The van der Waals surface area contributed by atoms with E-state index in [4.69, 9.17) is 4.98 Å². The monoisotopic (exact) mass is 379 g/mol. The summed E-state index contributed by atoms with van der Waals surface area (Å²) in [6.45, 7) is 3.60. The zero-order valence-electron chi connectivity index (χ0n) is 16.4. The summed E-state index contributed by atoms with van der Waals surface area (Å²) in [4.78, 5) is 9.27. The molecule has 4 nitrogen and oxygen atoms in total.